The van der Waals surface area contributed by atoms with Crippen molar-refractivity contribution in [1.29, 1.82) is 0 Å². The van der Waals surface area contributed by atoms with Crippen molar-refractivity contribution in [3.05, 3.63) is 75.1 Å². The zero-order valence-electron chi connectivity index (χ0n) is 23.1. The van der Waals surface area contributed by atoms with Crippen LogP contribution in [-0.2, 0) is 26.6 Å². The lowest BCUT2D eigenvalue weighted by atomic mass is 10.0. The maximum absolute atomic E-state index is 13.1. The number of carbonyl (C=O) groups is 3. The Hall–Kier alpha value is -3.79. The number of aliphatic carboxylic acids is 1. The van der Waals surface area contributed by atoms with Crippen molar-refractivity contribution < 1.29 is 28.6 Å². The van der Waals surface area contributed by atoms with Crippen LogP contribution in [0.25, 0.3) is 11.0 Å². The zero-order chi connectivity index (χ0) is 29.1. The molecule has 1 heterocycles. The Kier molecular flexibility index (Phi) is 11.6. The number of carboxylic acids is 1. The first-order valence-electron chi connectivity index (χ1n) is 13.2. The van der Waals surface area contributed by atoms with Crippen molar-refractivity contribution in [1.82, 2.24) is 10.6 Å². The maximum Gasteiger partial charge on any atom is 0.340 e. The van der Waals surface area contributed by atoms with E-state index < -0.39 is 23.5 Å². The Morgan fingerprint density at radius 2 is 1.82 bits per heavy atom. The van der Waals surface area contributed by atoms with E-state index in [1.807, 2.05) is 43.3 Å². The highest BCUT2D eigenvalue weighted by Gasteiger charge is 2.23. The van der Waals surface area contributed by atoms with Crippen LogP contribution in [-0.4, -0.2) is 48.3 Å². The molecule has 0 aliphatic heterocycles. The van der Waals surface area contributed by atoms with Gasteiger partial charge < -0.3 is 24.9 Å². The summed E-state index contributed by atoms with van der Waals surface area (Å²) in [7, 11) is 1.54. The third-order valence-electron chi connectivity index (χ3n) is 6.46. The fourth-order valence-corrected chi connectivity index (χ4v) is 5.39. The standard InChI is InChI=1S/C30H36N2O7S/c1-19-14-24(38-3)28-20(2)22(30(37)39-25(28)15-19)16-26(33)32-23(18-40-17-21-10-6-4-7-11-21)29(36)31-13-9-5-8-12-27(34)35/h4,6-7,10-11,14-15,23H,5,8-9,12-13,16-18H2,1-3H3,(H,31,36)(H,32,33)(H,34,35)/t23-/m0/s1. The van der Waals surface area contributed by atoms with Gasteiger partial charge in [0.15, 0.2) is 0 Å². The molecule has 0 radical (unpaired) electrons. The van der Waals surface area contributed by atoms with E-state index >= 15 is 0 Å². The third-order valence-corrected chi connectivity index (χ3v) is 7.57. The van der Waals surface area contributed by atoms with Crippen molar-refractivity contribution >= 4 is 40.5 Å². The van der Waals surface area contributed by atoms with Gasteiger partial charge in [-0.15, -0.1) is 0 Å². The number of thioether (sulfide) groups is 1. The number of fused-ring (bicyclic) bond motifs is 1. The fraction of sp³-hybridized carbons (Fsp3) is 0.400. The number of hydrogen-bond acceptors (Lipinski definition) is 7. The SMILES string of the molecule is COc1cc(C)cc2oc(=O)c(CC(=O)N[C@@H](CSCc3ccccc3)C(=O)NCCCCCC(=O)O)c(C)c12. The lowest BCUT2D eigenvalue weighted by molar-refractivity contribution is -0.137. The Balaban J connectivity index is 1.70. The molecule has 0 bridgehead atoms. The Morgan fingerprint density at radius 1 is 1.07 bits per heavy atom. The van der Waals surface area contributed by atoms with Crippen LogP contribution in [0.4, 0.5) is 0 Å². The summed E-state index contributed by atoms with van der Waals surface area (Å²) >= 11 is 1.52. The molecule has 3 N–H and O–H groups in total. The zero-order valence-corrected chi connectivity index (χ0v) is 23.9. The summed E-state index contributed by atoms with van der Waals surface area (Å²) in [5.74, 6) is -0.0803. The molecular formula is C30H36N2O7S. The Labute approximate surface area is 237 Å². The van der Waals surface area contributed by atoms with E-state index in [9.17, 15) is 19.2 Å². The van der Waals surface area contributed by atoms with E-state index in [0.29, 0.717) is 59.6 Å². The monoisotopic (exact) mass is 568 g/mol. The molecule has 0 unspecified atom stereocenters. The minimum atomic E-state index is -0.841. The fourth-order valence-electron chi connectivity index (χ4n) is 4.37. The summed E-state index contributed by atoms with van der Waals surface area (Å²) in [6, 6.07) is 12.6. The third kappa shape index (κ3) is 8.87. The van der Waals surface area contributed by atoms with Gasteiger partial charge in [0, 0.05) is 24.5 Å². The van der Waals surface area contributed by atoms with Gasteiger partial charge in [-0.05, 0) is 55.5 Å². The van der Waals surface area contributed by atoms with Crippen LogP contribution in [0.2, 0.25) is 0 Å². The van der Waals surface area contributed by atoms with Crippen LogP contribution >= 0.6 is 11.8 Å². The number of carboxylic acid groups (broad SMARTS) is 1. The summed E-state index contributed by atoms with van der Waals surface area (Å²) in [5, 5.41) is 15.0. The molecule has 2 aromatic carbocycles. The van der Waals surface area contributed by atoms with Gasteiger partial charge in [-0.25, -0.2) is 4.79 Å². The highest BCUT2D eigenvalue weighted by Crippen LogP contribution is 2.30. The van der Waals surface area contributed by atoms with E-state index in [1.165, 1.54) is 18.9 Å². The molecule has 3 rings (SSSR count). The van der Waals surface area contributed by atoms with Crippen molar-refractivity contribution in [3.63, 3.8) is 0 Å². The van der Waals surface area contributed by atoms with Gasteiger partial charge in [0.25, 0.3) is 0 Å². The van der Waals surface area contributed by atoms with Gasteiger partial charge in [0.05, 0.1) is 24.5 Å². The number of nitrogens with one attached hydrogen (secondary N) is 2. The number of rotatable bonds is 15. The van der Waals surface area contributed by atoms with Crippen LogP contribution < -0.4 is 21.0 Å². The van der Waals surface area contributed by atoms with E-state index in [-0.39, 0.29) is 24.3 Å². The number of amides is 2. The van der Waals surface area contributed by atoms with E-state index in [4.69, 9.17) is 14.3 Å². The predicted molar refractivity (Wildman–Crippen MR) is 156 cm³/mol. The van der Waals surface area contributed by atoms with Crippen LogP contribution in [0.15, 0.2) is 51.7 Å². The molecule has 2 amide bonds. The summed E-state index contributed by atoms with van der Waals surface area (Å²) < 4.78 is 11.0. The Bertz CT molecular complexity index is 1390. The molecule has 0 saturated heterocycles. The topological polar surface area (TPSA) is 135 Å². The molecule has 9 nitrogen and oxygen atoms in total. The van der Waals surface area contributed by atoms with Crippen LogP contribution in [0.3, 0.4) is 0 Å². The molecule has 0 aliphatic carbocycles. The second-order valence-corrected chi connectivity index (χ2v) is 10.7. The van der Waals surface area contributed by atoms with E-state index in [2.05, 4.69) is 10.6 Å². The maximum atomic E-state index is 13.1. The molecule has 10 heteroatoms. The molecule has 0 saturated carbocycles. The lowest BCUT2D eigenvalue weighted by Gasteiger charge is -2.19. The summed E-state index contributed by atoms with van der Waals surface area (Å²) in [4.78, 5) is 49.6. The van der Waals surface area contributed by atoms with Crippen molar-refractivity contribution in [2.45, 2.75) is 57.7 Å². The first kappa shape index (κ1) is 30.7. The molecule has 3 aromatic rings. The normalized spacial score (nSPS) is 11.7. The van der Waals surface area contributed by atoms with Crippen molar-refractivity contribution in [2.24, 2.45) is 0 Å². The lowest BCUT2D eigenvalue weighted by Crippen LogP contribution is -2.49. The average Bonchev–Trinajstić information content (AvgIpc) is 2.92. The first-order valence-corrected chi connectivity index (χ1v) is 14.4. The second-order valence-electron chi connectivity index (χ2n) is 9.63. The molecule has 214 valence electrons. The number of hydrogen-bond donors (Lipinski definition) is 3. The van der Waals surface area contributed by atoms with E-state index in [1.54, 1.807) is 13.0 Å². The molecule has 1 atom stereocenters. The average molecular weight is 569 g/mol. The van der Waals surface area contributed by atoms with Gasteiger partial charge in [-0.3, -0.25) is 14.4 Å². The highest BCUT2D eigenvalue weighted by molar-refractivity contribution is 7.98. The summed E-state index contributed by atoms with van der Waals surface area (Å²) in [6.07, 6.45) is 1.69. The van der Waals surface area contributed by atoms with Gasteiger partial charge in [-0.1, -0.05) is 36.8 Å². The van der Waals surface area contributed by atoms with Gasteiger partial charge in [0.2, 0.25) is 11.8 Å². The van der Waals surface area contributed by atoms with Crippen molar-refractivity contribution in [2.75, 3.05) is 19.4 Å². The Morgan fingerprint density at radius 3 is 2.52 bits per heavy atom. The second kappa shape index (κ2) is 15.1. The first-order chi connectivity index (χ1) is 19.2. The number of methoxy groups -OCH3 is 1. The summed E-state index contributed by atoms with van der Waals surface area (Å²) in [6.45, 7) is 4.00. The number of aryl methyl sites for hydroxylation is 2. The van der Waals surface area contributed by atoms with Gasteiger partial charge in [-0.2, -0.15) is 11.8 Å². The number of ether oxygens (including phenoxy) is 1. The van der Waals surface area contributed by atoms with Gasteiger partial charge >= 0.3 is 11.6 Å². The molecule has 0 aliphatic rings. The molecule has 40 heavy (non-hydrogen) atoms. The molecule has 1 aromatic heterocycles. The molecule has 0 fully saturated rings. The largest absolute Gasteiger partial charge is 0.496 e. The minimum Gasteiger partial charge on any atom is -0.496 e. The quantitative estimate of drug-likeness (QED) is 0.184. The molecular weight excluding hydrogens is 532 g/mol. The predicted octanol–water partition coefficient (Wildman–Crippen LogP) is 4.14. The highest BCUT2D eigenvalue weighted by atomic mass is 32.2. The number of carbonyl (C=O) groups excluding carboxylic acids is 2. The van der Waals surface area contributed by atoms with Gasteiger partial charge in [0.1, 0.15) is 17.4 Å². The molecule has 0 spiro atoms. The van der Waals surface area contributed by atoms with Crippen molar-refractivity contribution in [3.8, 4) is 5.75 Å². The summed E-state index contributed by atoms with van der Waals surface area (Å²) in [5.41, 5.74) is 2.57. The van der Waals surface area contributed by atoms with Crippen LogP contribution in [0.5, 0.6) is 5.75 Å². The number of benzene rings is 2. The van der Waals surface area contributed by atoms with E-state index in [0.717, 1.165) is 11.1 Å². The van der Waals surface area contributed by atoms with Crippen LogP contribution in [0, 0.1) is 13.8 Å². The van der Waals surface area contributed by atoms with Crippen LogP contribution in [0.1, 0.15) is 47.9 Å². The minimum absolute atomic E-state index is 0.0937. The number of unbranched alkanes of at least 4 members (excludes halogenated alkanes) is 2. The smallest absolute Gasteiger partial charge is 0.340 e.